The van der Waals surface area contributed by atoms with Gasteiger partial charge in [0, 0.05) is 6.54 Å². The Balaban J connectivity index is 0.00000220. The number of amides is 1. The molecule has 1 aliphatic heterocycles. The topological polar surface area (TPSA) is 41.6 Å². The fourth-order valence-corrected chi connectivity index (χ4v) is 2.41. The van der Waals surface area contributed by atoms with Crippen molar-refractivity contribution in [3.63, 3.8) is 0 Å². The second-order valence-corrected chi connectivity index (χ2v) is 5.21. The fourth-order valence-electron chi connectivity index (χ4n) is 2.41. The number of ether oxygens (including phenoxy) is 1. The molecule has 21 heavy (non-hydrogen) atoms. The van der Waals surface area contributed by atoms with Crippen LogP contribution in [0.15, 0.2) is 30.3 Å². The van der Waals surface area contributed by atoms with Gasteiger partial charge in [-0.3, -0.25) is 4.79 Å². The molecular weight excluding hydrogens is 288 g/mol. The van der Waals surface area contributed by atoms with Crippen LogP contribution < -0.4 is 10.1 Å². The number of nitrogens with zero attached hydrogens (tertiary/aromatic N) is 1. The van der Waals surface area contributed by atoms with E-state index in [1.807, 2.05) is 30.3 Å². The molecule has 0 aliphatic carbocycles. The van der Waals surface area contributed by atoms with Gasteiger partial charge in [0.1, 0.15) is 5.75 Å². The average molecular weight is 313 g/mol. The molecular formula is C16H25ClN2O2. The number of likely N-dealkylation sites (tertiary alicyclic amines) is 1. The summed E-state index contributed by atoms with van der Waals surface area (Å²) in [5.41, 5.74) is 0. The van der Waals surface area contributed by atoms with E-state index in [9.17, 15) is 4.79 Å². The van der Waals surface area contributed by atoms with Crippen LogP contribution in [0.3, 0.4) is 0 Å². The summed E-state index contributed by atoms with van der Waals surface area (Å²) in [7, 11) is 0. The molecule has 0 atom stereocenters. The molecule has 1 saturated heterocycles. The molecule has 0 spiro atoms. The standard InChI is InChI=1S/C16H24N2O2.ClH/c19-16(14-20-15-8-2-1-3-9-15)17-10-4-5-11-18-12-6-7-13-18;/h1-3,8-9H,4-7,10-14H2,(H,17,19);1H. The molecule has 0 unspecified atom stereocenters. The Morgan fingerprint density at radius 1 is 1.14 bits per heavy atom. The number of carbonyl (C=O) groups is 1. The van der Waals surface area contributed by atoms with Crippen LogP contribution >= 0.6 is 12.4 Å². The van der Waals surface area contributed by atoms with Crippen LogP contribution in [-0.2, 0) is 4.79 Å². The summed E-state index contributed by atoms with van der Waals surface area (Å²) < 4.78 is 5.39. The Kier molecular flexibility index (Phi) is 8.87. The third kappa shape index (κ3) is 7.34. The van der Waals surface area contributed by atoms with E-state index in [1.165, 1.54) is 25.9 Å². The highest BCUT2D eigenvalue weighted by molar-refractivity contribution is 5.85. The number of benzene rings is 1. The summed E-state index contributed by atoms with van der Waals surface area (Å²) in [5, 5.41) is 2.90. The van der Waals surface area contributed by atoms with Crippen LogP contribution in [0.5, 0.6) is 5.75 Å². The Hall–Kier alpha value is -1.26. The van der Waals surface area contributed by atoms with Gasteiger partial charge in [-0.15, -0.1) is 12.4 Å². The maximum atomic E-state index is 11.6. The highest BCUT2D eigenvalue weighted by atomic mass is 35.5. The first-order valence-corrected chi connectivity index (χ1v) is 7.51. The van der Waals surface area contributed by atoms with Crippen molar-refractivity contribution in [1.29, 1.82) is 0 Å². The van der Waals surface area contributed by atoms with E-state index in [-0.39, 0.29) is 24.9 Å². The van der Waals surface area contributed by atoms with Gasteiger partial charge in [0.2, 0.25) is 0 Å². The van der Waals surface area contributed by atoms with Crippen molar-refractivity contribution in [2.75, 3.05) is 32.8 Å². The molecule has 1 aliphatic rings. The molecule has 1 aromatic carbocycles. The van der Waals surface area contributed by atoms with Crippen LogP contribution in [0, 0.1) is 0 Å². The summed E-state index contributed by atoms with van der Waals surface area (Å²) in [6.45, 7) is 4.49. The van der Waals surface area contributed by atoms with E-state index < -0.39 is 0 Å². The monoisotopic (exact) mass is 312 g/mol. The highest BCUT2D eigenvalue weighted by Crippen LogP contribution is 2.08. The number of carbonyl (C=O) groups excluding carboxylic acids is 1. The lowest BCUT2D eigenvalue weighted by Crippen LogP contribution is -2.30. The zero-order valence-corrected chi connectivity index (χ0v) is 13.2. The molecule has 0 bridgehead atoms. The fraction of sp³-hybridized carbons (Fsp3) is 0.562. The molecule has 4 nitrogen and oxygen atoms in total. The third-order valence-electron chi connectivity index (χ3n) is 3.54. The Morgan fingerprint density at radius 3 is 2.57 bits per heavy atom. The number of para-hydroxylation sites is 1. The van der Waals surface area contributed by atoms with E-state index in [4.69, 9.17) is 4.74 Å². The number of nitrogens with one attached hydrogen (secondary N) is 1. The second kappa shape index (κ2) is 10.5. The highest BCUT2D eigenvalue weighted by Gasteiger charge is 2.10. The number of hydrogen-bond donors (Lipinski definition) is 1. The molecule has 5 heteroatoms. The molecule has 0 aromatic heterocycles. The number of hydrogen-bond acceptors (Lipinski definition) is 3. The van der Waals surface area contributed by atoms with Gasteiger partial charge >= 0.3 is 0 Å². The first kappa shape index (κ1) is 17.8. The first-order valence-electron chi connectivity index (χ1n) is 7.51. The molecule has 1 fully saturated rings. The number of rotatable bonds is 8. The van der Waals surface area contributed by atoms with E-state index in [0.717, 1.165) is 31.7 Å². The van der Waals surface area contributed by atoms with Crippen LogP contribution in [0.1, 0.15) is 25.7 Å². The lowest BCUT2D eigenvalue weighted by molar-refractivity contribution is -0.123. The molecule has 1 aromatic rings. The van der Waals surface area contributed by atoms with Crippen molar-refractivity contribution in [1.82, 2.24) is 10.2 Å². The minimum absolute atomic E-state index is 0. The Morgan fingerprint density at radius 2 is 1.86 bits per heavy atom. The van der Waals surface area contributed by atoms with Crippen LogP contribution in [-0.4, -0.2) is 43.6 Å². The van der Waals surface area contributed by atoms with Gasteiger partial charge in [-0.1, -0.05) is 18.2 Å². The maximum Gasteiger partial charge on any atom is 0.257 e. The molecule has 0 radical (unpaired) electrons. The lowest BCUT2D eigenvalue weighted by atomic mass is 10.3. The van der Waals surface area contributed by atoms with E-state index in [2.05, 4.69) is 10.2 Å². The van der Waals surface area contributed by atoms with Crippen molar-refractivity contribution in [3.05, 3.63) is 30.3 Å². The maximum absolute atomic E-state index is 11.6. The lowest BCUT2D eigenvalue weighted by Gasteiger charge is -2.14. The summed E-state index contributed by atoms with van der Waals surface area (Å²) in [4.78, 5) is 14.1. The van der Waals surface area contributed by atoms with Crippen molar-refractivity contribution < 1.29 is 9.53 Å². The van der Waals surface area contributed by atoms with Gasteiger partial charge in [0.05, 0.1) is 0 Å². The molecule has 2 rings (SSSR count). The zero-order chi connectivity index (χ0) is 14.0. The van der Waals surface area contributed by atoms with E-state index >= 15 is 0 Å². The summed E-state index contributed by atoms with van der Waals surface area (Å²) in [5.74, 6) is 0.687. The number of halogens is 1. The van der Waals surface area contributed by atoms with E-state index in [0.29, 0.717) is 0 Å². The van der Waals surface area contributed by atoms with Crippen LogP contribution in [0.2, 0.25) is 0 Å². The van der Waals surface area contributed by atoms with Gasteiger partial charge in [-0.2, -0.15) is 0 Å². The summed E-state index contributed by atoms with van der Waals surface area (Å²) in [6, 6.07) is 9.41. The molecule has 118 valence electrons. The van der Waals surface area contributed by atoms with Gasteiger partial charge < -0.3 is 15.0 Å². The van der Waals surface area contributed by atoms with Gasteiger partial charge in [0.25, 0.3) is 5.91 Å². The normalized spacial score (nSPS) is 14.5. The SMILES string of the molecule is Cl.O=C(COc1ccccc1)NCCCCN1CCCC1. The minimum atomic E-state index is -0.0463. The quantitative estimate of drug-likeness (QED) is 0.750. The molecule has 1 amide bonds. The minimum Gasteiger partial charge on any atom is -0.484 e. The number of unbranched alkanes of at least 4 members (excludes halogenated alkanes) is 1. The van der Waals surface area contributed by atoms with Gasteiger partial charge in [-0.25, -0.2) is 0 Å². The second-order valence-electron chi connectivity index (χ2n) is 5.21. The first-order chi connectivity index (χ1) is 9.84. The zero-order valence-electron chi connectivity index (χ0n) is 12.4. The van der Waals surface area contributed by atoms with Crippen molar-refractivity contribution in [2.24, 2.45) is 0 Å². The third-order valence-corrected chi connectivity index (χ3v) is 3.54. The molecule has 1 N–H and O–H groups in total. The summed E-state index contributed by atoms with van der Waals surface area (Å²) in [6.07, 6.45) is 4.87. The van der Waals surface area contributed by atoms with Crippen molar-refractivity contribution >= 4 is 18.3 Å². The Bertz CT molecular complexity index is 395. The molecule has 0 saturated carbocycles. The molecule has 1 heterocycles. The Labute approximate surface area is 133 Å². The van der Waals surface area contributed by atoms with Gasteiger partial charge in [0.15, 0.2) is 6.61 Å². The smallest absolute Gasteiger partial charge is 0.257 e. The van der Waals surface area contributed by atoms with Crippen molar-refractivity contribution in [3.8, 4) is 5.75 Å². The largest absolute Gasteiger partial charge is 0.484 e. The predicted octanol–water partition coefficient (Wildman–Crippen LogP) is 2.48. The van der Waals surface area contributed by atoms with E-state index in [1.54, 1.807) is 0 Å². The predicted molar refractivity (Wildman–Crippen MR) is 87.1 cm³/mol. The van der Waals surface area contributed by atoms with Crippen LogP contribution in [0.4, 0.5) is 0 Å². The summed E-state index contributed by atoms with van der Waals surface area (Å²) >= 11 is 0. The van der Waals surface area contributed by atoms with Crippen molar-refractivity contribution in [2.45, 2.75) is 25.7 Å². The van der Waals surface area contributed by atoms with Crippen LogP contribution in [0.25, 0.3) is 0 Å². The average Bonchev–Trinajstić information content (AvgIpc) is 2.99. The van der Waals surface area contributed by atoms with Gasteiger partial charge in [-0.05, 0) is 57.5 Å².